The molecule has 140 valence electrons. The highest BCUT2D eigenvalue weighted by Gasteiger charge is 2.64. The third-order valence-electron chi connectivity index (χ3n) is 8.07. The van der Waals surface area contributed by atoms with E-state index in [9.17, 15) is 9.59 Å². The number of rotatable bonds is 2. The number of fused-ring (bicyclic) bond motifs is 5. The third-order valence-corrected chi connectivity index (χ3v) is 8.07. The van der Waals surface area contributed by atoms with Crippen molar-refractivity contribution in [3.05, 3.63) is 11.6 Å². The van der Waals surface area contributed by atoms with E-state index in [4.69, 9.17) is 16.3 Å². The molecule has 0 heterocycles. The lowest BCUT2D eigenvalue weighted by Crippen LogP contribution is -2.54. The second-order valence-corrected chi connectivity index (χ2v) is 8.90. The van der Waals surface area contributed by atoms with Gasteiger partial charge in [0.15, 0.2) is 11.4 Å². The summed E-state index contributed by atoms with van der Waals surface area (Å²) in [5, 5.41) is 9.15. The summed E-state index contributed by atoms with van der Waals surface area (Å²) in [6.07, 6.45) is 15.3. The van der Waals surface area contributed by atoms with Crippen LogP contribution in [-0.2, 0) is 14.3 Å². The summed E-state index contributed by atoms with van der Waals surface area (Å²) < 4.78 is 5.69. The van der Waals surface area contributed by atoms with Gasteiger partial charge in [-0.2, -0.15) is 0 Å². The second kappa shape index (κ2) is 6.23. The van der Waals surface area contributed by atoms with E-state index in [-0.39, 0.29) is 5.41 Å². The van der Waals surface area contributed by atoms with E-state index in [1.807, 2.05) is 6.08 Å². The van der Waals surface area contributed by atoms with Crippen molar-refractivity contribution in [1.82, 2.24) is 0 Å². The molecule has 3 fully saturated rings. The molecule has 3 saturated carbocycles. The third kappa shape index (κ3) is 2.40. The van der Waals surface area contributed by atoms with Crippen LogP contribution >= 0.6 is 0 Å². The van der Waals surface area contributed by atoms with Gasteiger partial charge in [0.25, 0.3) is 0 Å². The fourth-order valence-electron chi connectivity index (χ4n) is 6.84. The van der Waals surface area contributed by atoms with E-state index in [0.717, 1.165) is 38.5 Å². The summed E-state index contributed by atoms with van der Waals surface area (Å²) in [6, 6.07) is 0. The molecule has 4 aliphatic rings. The second-order valence-electron chi connectivity index (χ2n) is 8.90. The van der Waals surface area contributed by atoms with E-state index in [1.54, 1.807) is 0 Å². The van der Waals surface area contributed by atoms with Crippen LogP contribution in [0.1, 0.15) is 58.3 Å². The van der Waals surface area contributed by atoms with Crippen molar-refractivity contribution in [2.24, 2.45) is 29.1 Å². The molecule has 0 bridgehead atoms. The zero-order valence-corrected chi connectivity index (χ0v) is 15.5. The Balaban J connectivity index is 1.62. The molecule has 6 atom stereocenters. The van der Waals surface area contributed by atoms with Crippen LogP contribution in [0.3, 0.4) is 0 Å². The van der Waals surface area contributed by atoms with E-state index in [1.165, 1.54) is 5.57 Å². The van der Waals surface area contributed by atoms with Gasteiger partial charge in [0, 0.05) is 11.8 Å². The van der Waals surface area contributed by atoms with Crippen LogP contribution in [0.25, 0.3) is 0 Å². The summed E-state index contributed by atoms with van der Waals surface area (Å²) in [6.45, 7) is 1.57. The van der Waals surface area contributed by atoms with Crippen molar-refractivity contribution in [3.8, 4) is 12.3 Å². The minimum absolute atomic E-state index is 0.223. The first-order chi connectivity index (χ1) is 12.4. The van der Waals surface area contributed by atoms with Crippen molar-refractivity contribution in [2.75, 3.05) is 6.61 Å². The lowest BCUT2D eigenvalue weighted by molar-refractivity contribution is -0.173. The molecule has 0 aromatic carbocycles. The Kier molecular flexibility index (Phi) is 4.27. The quantitative estimate of drug-likeness (QED) is 0.610. The highest BCUT2D eigenvalue weighted by Crippen LogP contribution is 2.65. The number of hydrogen-bond donors (Lipinski definition) is 1. The monoisotopic (exact) mass is 356 g/mol. The van der Waals surface area contributed by atoms with E-state index < -0.39 is 18.2 Å². The van der Waals surface area contributed by atoms with Crippen molar-refractivity contribution < 1.29 is 19.4 Å². The Bertz CT molecular complexity index is 701. The first-order valence-electron chi connectivity index (χ1n) is 9.98. The highest BCUT2D eigenvalue weighted by molar-refractivity contribution is 5.91. The molecule has 26 heavy (non-hydrogen) atoms. The Morgan fingerprint density at radius 2 is 2.08 bits per heavy atom. The maximum Gasteiger partial charge on any atom is 0.333 e. The van der Waals surface area contributed by atoms with Crippen LogP contribution < -0.4 is 0 Å². The lowest BCUT2D eigenvalue weighted by Gasteiger charge is -2.55. The molecule has 4 aliphatic carbocycles. The summed E-state index contributed by atoms with van der Waals surface area (Å²) in [4.78, 5) is 23.6. The molecule has 4 nitrogen and oxygen atoms in total. The van der Waals surface area contributed by atoms with E-state index in [0.29, 0.717) is 42.3 Å². The molecular weight excluding hydrogens is 328 g/mol. The van der Waals surface area contributed by atoms with Crippen LogP contribution in [0.15, 0.2) is 11.6 Å². The molecule has 0 saturated heterocycles. The van der Waals surface area contributed by atoms with Gasteiger partial charge in [-0.25, -0.2) is 4.79 Å². The van der Waals surface area contributed by atoms with Crippen LogP contribution in [0.4, 0.5) is 0 Å². The van der Waals surface area contributed by atoms with Gasteiger partial charge in [0.1, 0.15) is 6.61 Å². The highest BCUT2D eigenvalue weighted by atomic mass is 16.6. The Hall–Kier alpha value is -1.60. The average molecular weight is 356 g/mol. The lowest BCUT2D eigenvalue weighted by atomic mass is 9.50. The SMILES string of the molecule is C#C[C@]1(OC(=O)CO)CCC2C3CCC4=CC(=O)CCC4C3CC[C@@]21C. The number of ether oxygens (including phenoxy) is 1. The number of allylic oxidation sites excluding steroid dienone is 1. The summed E-state index contributed by atoms with van der Waals surface area (Å²) >= 11 is 0. The fourth-order valence-corrected chi connectivity index (χ4v) is 6.84. The van der Waals surface area contributed by atoms with Crippen LogP contribution in [-0.4, -0.2) is 29.1 Å². The zero-order chi connectivity index (χ0) is 18.5. The van der Waals surface area contributed by atoms with Gasteiger partial charge in [-0.3, -0.25) is 4.79 Å². The Morgan fingerprint density at radius 3 is 2.81 bits per heavy atom. The zero-order valence-electron chi connectivity index (χ0n) is 15.5. The smallest absolute Gasteiger partial charge is 0.333 e. The predicted octanol–water partition coefficient (Wildman–Crippen LogP) is 3.04. The minimum Gasteiger partial charge on any atom is -0.444 e. The van der Waals surface area contributed by atoms with Gasteiger partial charge in [0.05, 0.1) is 0 Å². The number of carbonyl (C=O) groups excluding carboxylic acids is 2. The molecule has 0 radical (unpaired) electrons. The summed E-state index contributed by atoms with van der Waals surface area (Å²) in [7, 11) is 0. The van der Waals surface area contributed by atoms with Crippen molar-refractivity contribution in [1.29, 1.82) is 0 Å². The number of aliphatic hydroxyl groups is 1. The van der Waals surface area contributed by atoms with Gasteiger partial charge in [-0.05, 0) is 74.7 Å². The molecule has 0 aromatic heterocycles. The number of esters is 1. The molecule has 0 spiro atoms. The number of aliphatic hydroxyl groups excluding tert-OH is 1. The standard InChI is InChI=1S/C22H28O4/c1-3-22(26-20(25)13-23)11-9-19-18-6-4-14-12-15(24)5-7-16(14)17(18)8-10-21(19,22)2/h1,12,16-19,23H,4-11,13H2,2H3/t16?,17?,18?,19?,21-,22-/m0/s1. The van der Waals surface area contributed by atoms with Gasteiger partial charge < -0.3 is 9.84 Å². The Morgan fingerprint density at radius 1 is 1.27 bits per heavy atom. The first-order valence-corrected chi connectivity index (χ1v) is 9.98. The summed E-state index contributed by atoms with van der Waals surface area (Å²) in [5.74, 6) is 4.72. The molecule has 0 aromatic rings. The minimum atomic E-state index is -0.888. The topological polar surface area (TPSA) is 63.6 Å². The molecule has 4 unspecified atom stereocenters. The number of carbonyl (C=O) groups is 2. The van der Waals surface area contributed by atoms with E-state index in [2.05, 4.69) is 12.8 Å². The van der Waals surface area contributed by atoms with E-state index >= 15 is 0 Å². The molecule has 0 aliphatic heterocycles. The number of terminal acetylenes is 1. The maximum absolute atomic E-state index is 11.8. The van der Waals surface area contributed by atoms with Crippen LogP contribution in [0, 0.1) is 41.4 Å². The normalized spacial score (nSPS) is 44.2. The maximum atomic E-state index is 11.8. The van der Waals surface area contributed by atoms with Crippen LogP contribution in [0.2, 0.25) is 0 Å². The van der Waals surface area contributed by atoms with Gasteiger partial charge in [0.2, 0.25) is 0 Å². The molecule has 1 N–H and O–H groups in total. The van der Waals surface area contributed by atoms with Crippen molar-refractivity contribution >= 4 is 11.8 Å². The Labute approximate surface area is 155 Å². The fraction of sp³-hybridized carbons (Fsp3) is 0.727. The number of ketones is 1. The molecule has 0 amide bonds. The van der Waals surface area contributed by atoms with Crippen molar-refractivity contribution in [3.63, 3.8) is 0 Å². The molecular formula is C22H28O4. The van der Waals surface area contributed by atoms with Crippen LogP contribution in [0.5, 0.6) is 0 Å². The van der Waals surface area contributed by atoms with Crippen molar-refractivity contribution in [2.45, 2.75) is 63.9 Å². The first kappa shape index (κ1) is 17.8. The largest absolute Gasteiger partial charge is 0.444 e. The van der Waals surface area contributed by atoms with Gasteiger partial charge >= 0.3 is 5.97 Å². The molecule has 4 heteroatoms. The predicted molar refractivity (Wildman–Crippen MR) is 96.8 cm³/mol. The summed E-state index contributed by atoms with van der Waals surface area (Å²) in [5.41, 5.74) is 0.264. The van der Waals surface area contributed by atoms with Gasteiger partial charge in [-0.1, -0.05) is 18.4 Å². The van der Waals surface area contributed by atoms with Gasteiger partial charge in [-0.15, -0.1) is 6.42 Å². The number of hydrogen-bond acceptors (Lipinski definition) is 4. The average Bonchev–Trinajstić information content (AvgIpc) is 2.94. The molecule has 4 rings (SSSR count).